The van der Waals surface area contributed by atoms with Gasteiger partial charge in [-0.3, -0.25) is 4.99 Å². The third kappa shape index (κ3) is 7.71. The van der Waals surface area contributed by atoms with Crippen molar-refractivity contribution in [2.24, 2.45) is 10.7 Å². The topological polar surface area (TPSA) is 112 Å². The van der Waals surface area contributed by atoms with Crippen LogP contribution in [0.1, 0.15) is 0 Å². The quantitative estimate of drug-likeness (QED) is 0.380. The van der Waals surface area contributed by atoms with E-state index in [1.165, 1.54) is 6.26 Å². The van der Waals surface area contributed by atoms with Crippen LogP contribution in [0.3, 0.4) is 0 Å². The highest BCUT2D eigenvalue weighted by Crippen LogP contribution is 2.29. The number of ether oxygens (including phenoxy) is 3. The fraction of sp³-hybridized carbons (Fsp3) is 0.500. The van der Waals surface area contributed by atoms with Crippen molar-refractivity contribution in [3.8, 4) is 11.5 Å². The SMILES string of the molecule is COc1ccc(NC(N)=NCCOCCS(C)(=O)=O)cc1OC. The number of nitrogens with one attached hydrogen (secondary N) is 1. The molecule has 1 rings (SSSR count). The Morgan fingerprint density at radius 3 is 2.52 bits per heavy atom. The lowest BCUT2D eigenvalue weighted by molar-refractivity contribution is 0.157. The molecule has 0 saturated carbocycles. The Bertz CT molecular complexity index is 631. The molecule has 0 aromatic heterocycles. The second kappa shape index (κ2) is 9.21. The zero-order valence-corrected chi connectivity index (χ0v) is 14.4. The smallest absolute Gasteiger partial charge is 0.193 e. The average Bonchev–Trinajstić information content (AvgIpc) is 2.49. The summed E-state index contributed by atoms with van der Waals surface area (Å²) in [6.07, 6.45) is 1.17. The summed E-state index contributed by atoms with van der Waals surface area (Å²) in [5.74, 6) is 1.42. The van der Waals surface area contributed by atoms with Gasteiger partial charge in [0, 0.05) is 18.0 Å². The normalized spacial score (nSPS) is 12.0. The summed E-state index contributed by atoms with van der Waals surface area (Å²) < 4.78 is 37.3. The molecule has 130 valence electrons. The average molecular weight is 345 g/mol. The minimum atomic E-state index is -3.00. The van der Waals surface area contributed by atoms with Crippen molar-refractivity contribution in [2.45, 2.75) is 0 Å². The van der Waals surface area contributed by atoms with Crippen LogP contribution >= 0.6 is 0 Å². The molecule has 9 heteroatoms. The first-order valence-electron chi connectivity index (χ1n) is 6.90. The number of nitrogens with two attached hydrogens (primary N) is 1. The van der Waals surface area contributed by atoms with E-state index < -0.39 is 9.84 Å². The molecule has 0 bridgehead atoms. The number of nitrogens with zero attached hydrogens (tertiary/aromatic N) is 1. The van der Waals surface area contributed by atoms with Crippen LogP contribution in [0.15, 0.2) is 23.2 Å². The van der Waals surface area contributed by atoms with Gasteiger partial charge in [-0.05, 0) is 12.1 Å². The summed E-state index contributed by atoms with van der Waals surface area (Å²) >= 11 is 0. The van der Waals surface area contributed by atoms with Gasteiger partial charge in [0.2, 0.25) is 0 Å². The van der Waals surface area contributed by atoms with Gasteiger partial charge in [0.1, 0.15) is 9.84 Å². The van der Waals surface area contributed by atoms with E-state index in [1.54, 1.807) is 32.4 Å². The molecule has 0 amide bonds. The monoisotopic (exact) mass is 345 g/mol. The highest BCUT2D eigenvalue weighted by molar-refractivity contribution is 7.90. The van der Waals surface area contributed by atoms with Gasteiger partial charge in [0.05, 0.1) is 39.7 Å². The van der Waals surface area contributed by atoms with E-state index in [2.05, 4.69) is 10.3 Å². The highest BCUT2D eigenvalue weighted by Gasteiger charge is 2.05. The van der Waals surface area contributed by atoms with E-state index >= 15 is 0 Å². The second-order valence-corrected chi connectivity index (χ2v) is 6.96. The van der Waals surface area contributed by atoms with Gasteiger partial charge in [0.15, 0.2) is 17.5 Å². The molecule has 23 heavy (non-hydrogen) atoms. The predicted octanol–water partition coefficient (Wildman–Crippen LogP) is 0.492. The number of sulfone groups is 1. The number of anilines is 1. The second-order valence-electron chi connectivity index (χ2n) is 4.70. The molecular formula is C14H23N3O5S. The van der Waals surface area contributed by atoms with Crippen LogP contribution in [0.25, 0.3) is 0 Å². The molecule has 0 aliphatic carbocycles. The lowest BCUT2D eigenvalue weighted by atomic mass is 10.3. The lowest BCUT2D eigenvalue weighted by Gasteiger charge is -2.11. The van der Waals surface area contributed by atoms with E-state index in [4.69, 9.17) is 19.9 Å². The molecule has 0 fully saturated rings. The maximum Gasteiger partial charge on any atom is 0.193 e. The highest BCUT2D eigenvalue weighted by atomic mass is 32.2. The van der Waals surface area contributed by atoms with Crippen molar-refractivity contribution < 1.29 is 22.6 Å². The molecule has 8 nitrogen and oxygen atoms in total. The van der Waals surface area contributed by atoms with Crippen molar-refractivity contribution >= 4 is 21.5 Å². The largest absolute Gasteiger partial charge is 0.493 e. The van der Waals surface area contributed by atoms with E-state index in [-0.39, 0.29) is 18.3 Å². The van der Waals surface area contributed by atoms with Crippen LogP contribution in [-0.4, -0.2) is 60.4 Å². The minimum absolute atomic E-state index is 0.00388. The molecule has 0 aliphatic rings. The van der Waals surface area contributed by atoms with Crippen LogP contribution < -0.4 is 20.5 Å². The molecule has 0 radical (unpaired) electrons. The van der Waals surface area contributed by atoms with Crippen molar-refractivity contribution in [2.75, 3.05) is 51.3 Å². The Morgan fingerprint density at radius 1 is 1.22 bits per heavy atom. The van der Waals surface area contributed by atoms with Gasteiger partial charge >= 0.3 is 0 Å². The molecule has 0 spiro atoms. The molecule has 1 aromatic rings. The van der Waals surface area contributed by atoms with Crippen LogP contribution in [0.5, 0.6) is 11.5 Å². The van der Waals surface area contributed by atoms with E-state index in [1.807, 2.05) is 0 Å². The van der Waals surface area contributed by atoms with Crippen molar-refractivity contribution in [3.63, 3.8) is 0 Å². The fourth-order valence-electron chi connectivity index (χ4n) is 1.64. The van der Waals surface area contributed by atoms with E-state index in [0.29, 0.717) is 30.3 Å². The van der Waals surface area contributed by atoms with Gasteiger partial charge in [-0.1, -0.05) is 0 Å². The van der Waals surface area contributed by atoms with Crippen LogP contribution in [0.2, 0.25) is 0 Å². The predicted molar refractivity (Wildman–Crippen MR) is 90.2 cm³/mol. The Kier molecular flexibility index (Phi) is 7.63. The van der Waals surface area contributed by atoms with Gasteiger partial charge < -0.3 is 25.3 Å². The van der Waals surface area contributed by atoms with Crippen molar-refractivity contribution in [3.05, 3.63) is 18.2 Å². The Hall–Kier alpha value is -2.00. The summed E-state index contributed by atoms with van der Waals surface area (Å²) in [4.78, 5) is 4.09. The van der Waals surface area contributed by atoms with Gasteiger partial charge in [-0.15, -0.1) is 0 Å². The molecule has 0 unspecified atom stereocenters. The fourth-order valence-corrected chi connectivity index (χ4v) is 2.06. The number of hydrogen-bond acceptors (Lipinski definition) is 6. The van der Waals surface area contributed by atoms with E-state index in [9.17, 15) is 8.42 Å². The van der Waals surface area contributed by atoms with Crippen molar-refractivity contribution in [1.29, 1.82) is 0 Å². The first-order chi connectivity index (χ1) is 10.9. The molecule has 0 saturated heterocycles. The Balaban J connectivity index is 2.42. The molecule has 1 aromatic carbocycles. The maximum atomic E-state index is 10.9. The number of methoxy groups -OCH3 is 2. The van der Waals surface area contributed by atoms with Crippen LogP contribution in [0.4, 0.5) is 5.69 Å². The molecule has 0 heterocycles. The minimum Gasteiger partial charge on any atom is -0.493 e. The zero-order valence-electron chi connectivity index (χ0n) is 13.5. The number of rotatable bonds is 9. The molecular weight excluding hydrogens is 322 g/mol. The van der Waals surface area contributed by atoms with Crippen LogP contribution in [0, 0.1) is 0 Å². The first kappa shape index (κ1) is 19.0. The third-order valence-electron chi connectivity index (χ3n) is 2.77. The van der Waals surface area contributed by atoms with Crippen LogP contribution in [-0.2, 0) is 14.6 Å². The standard InChI is InChI=1S/C14H23N3O5S/c1-20-12-5-4-11(10-13(12)21-2)17-14(15)16-6-7-22-8-9-23(3,18)19/h4-5,10H,6-9H2,1-3H3,(H3,15,16,17). The van der Waals surface area contributed by atoms with Gasteiger partial charge in [-0.25, -0.2) is 8.42 Å². The Labute approximate surface area is 136 Å². The summed E-state index contributed by atoms with van der Waals surface area (Å²) in [5, 5.41) is 2.92. The molecule has 3 N–H and O–H groups in total. The number of benzene rings is 1. The van der Waals surface area contributed by atoms with Gasteiger partial charge in [-0.2, -0.15) is 0 Å². The summed E-state index contributed by atoms with van der Waals surface area (Å²) in [5.41, 5.74) is 6.48. The summed E-state index contributed by atoms with van der Waals surface area (Å²) in [6.45, 7) is 0.775. The van der Waals surface area contributed by atoms with E-state index in [0.717, 1.165) is 0 Å². The summed E-state index contributed by atoms with van der Waals surface area (Å²) in [7, 11) is 0.108. The Morgan fingerprint density at radius 2 is 1.91 bits per heavy atom. The number of guanidine groups is 1. The van der Waals surface area contributed by atoms with Gasteiger partial charge in [0.25, 0.3) is 0 Å². The zero-order chi connectivity index (χ0) is 17.3. The van der Waals surface area contributed by atoms with Crippen molar-refractivity contribution in [1.82, 2.24) is 0 Å². The molecule has 0 atom stereocenters. The number of aliphatic imine (C=N–C) groups is 1. The first-order valence-corrected chi connectivity index (χ1v) is 8.96. The summed E-state index contributed by atoms with van der Waals surface area (Å²) in [6, 6.07) is 5.28. The molecule has 0 aliphatic heterocycles. The number of hydrogen-bond donors (Lipinski definition) is 2. The lowest BCUT2D eigenvalue weighted by Crippen LogP contribution is -2.23. The maximum absolute atomic E-state index is 10.9. The third-order valence-corrected chi connectivity index (χ3v) is 3.68.